The van der Waals surface area contributed by atoms with Gasteiger partial charge in [-0.3, -0.25) is 4.99 Å². The van der Waals surface area contributed by atoms with Crippen molar-refractivity contribution < 1.29 is 4.42 Å². The zero-order valence-electron chi connectivity index (χ0n) is 11.9. The molecule has 108 valence electrons. The number of hydrogen-bond donors (Lipinski definition) is 2. The molecule has 0 amide bonds. The Hall–Kier alpha value is -2.34. The van der Waals surface area contributed by atoms with E-state index >= 15 is 0 Å². The maximum Gasteiger partial charge on any atom is 0.191 e. The van der Waals surface area contributed by atoms with E-state index < -0.39 is 0 Å². The number of rotatable bonds is 3. The molecule has 0 aliphatic heterocycles. The molecule has 0 atom stereocenters. The number of thiazole rings is 1. The summed E-state index contributed by atoms with van der Waals surface area (Å²) in [7, 11) is 3.55. The Morgan fingerprint density at radius 2 is 2.14 bits per heavy atom. The number of nitrogens with one attached hydrogen (secondary N) is 2. The molecule has 3 aromatic rings. The molecule has 0 bridgehead atoms. The molecule has 2 aromatic heterocycles. The van der Waals surface area contributed by atoms with Gasteiger partial charge in [-0.25, -0.2) is 4.98 Å². The van der Waals surface area contributed by atoms with Gasteiger partial charge in [0.25, 0.3) is 0 Å². The number of aromatic nitrogens is 1. The normalized spacial score (nSPS) is 11.8. The molecule has 0 saturated carbocycles. The Morgan fingerprint density at radius 1 is 1.29 bits per heavy atom. The lowest BCUT2D eigenvalue weighted by atomic mass is 10.3. The smallest absolute Gasteiger partial charge is 0.191 e. The lowest BCUT2D eigenvalue weighted by Gasteiger charge is -2.05. The third-order valence-electron chi connectivity index (χ3n) is 3.06. The van der Waals surface area contributed by atoms with Gasteiger partial charge in [-0.15, -0.1) is 11.3 Å². The van der Waals surface area contributed by atoms with E-state index in [1.54, 1.807) is 18.4 Å². The van der Waals surface area contributed by atoms with Crippen LogP contribution < -0.4 is 10.6 Å². The summed E-state index contributed by atoms with van der Waals surface area (Å²) in [5.41, 5.74) is 1.00. The number of aliphatic imine (C=N–C) groups is 1. The van der Waals surface area contributed by atoms with Crippen molar-refractivity contribution in [1.82, 2.24) is 15.6 Å². The second kappa shape index (κ2) is 5.97. The molecule has 3 rings (SSSR count). The molecule has 0 saturated heterocycles. The fourth-order valence-electron chi connectivity index (χ4n) is 2.02. The molecular weight excluding hydrogens is 284 g/mol. The lowest BCUT2D eigenvalue weighted by molar-refractivity contribution is 0.514. The number of guanidine groups is 1. The fourth-order valence-corrected chi connectivity index (χ4v) is 2.94. The highest BCUT2D eigenvalue weighted by atomic mass is 32.1. The van der Waals surface area contributed by atoms with Crippen molar-refractivity contribution in [2.75, 3.05) is 14.1 Å². The second-order valence-corrected chi connectivity index (χ2v) is 5.46. The first-order valence-corrected chi connectivity index (χ1v) is 7.45. The molecule has 0 fully saturated rings. The highest BCUT2D eigenvalue weighted by molar-refractivity contribution is 7.21. The molecule has 2 N–H and O–H groups in total. The van der Waals surface area contributed by atoms with Gasteiger partial charge in [-0.1, -0.05) is 12.1 Å². The number of para-hydroxylation sites is 1. The Bertz CT molecular complexity index is 742. The van der Waals surface area contributed by atoms with E-state index in [-0.39, 0.29) is 0 Å². The van der Waals surface area contributed by atoms with Crippen LogP contribution in [0, 0.1) is 0 Å². The van der Waals surface area contributed by atoms with Gasteiger partial charge in [0, 0.05) is 14.1 Å². The summed E-state index contributed by atoms with van der Waals surface area (Å²) in [6.45, 7) is 0.582. The average molecular weight is 300 g/mol. The summed E-state index contributed by atoms with van der Waals surface area (Å²) in [6, 6.07) is 12.0. The van der Waals surface area contributed by atoms with Crippen LogP contribution in [-0.2, 0) is 6.54 Å². The molecule has 0 spiro atoms. The lowest BCUT2D eigenvalue weighted by Crippen LogP contribution is -2.33. The average Bonchev–Trinajstić information content (AvgIpc) is 3.14. The Labute approximate surface area is 126 Å². The molecule has 0 aliphatic carbocycles. The van der Waals surface area contributed by atoms with Crippen molar-refractivity contribution in [2.24, 2.45) is 4.99 Å². The topological polar surface area (TPSA) is 62.5 Å². The number of hydrogen-bond acceptors (Lipinski definition) is 4. The molecule has 2 heterocycles. The first kappa shape index (κ1) is 13.6. The number of fused-ring (bicyclic) bond motifs is 1. The Balaban J connectivity index is 1.78. The predicted octanol–water partition coefficient (Wildman–Crippen LogP) is 2.85. The molecule has 0 radical (unpaired) electrons. The van der Waals surface area contributed by atoms with Crippen LogP contribution in [0.1, 0.15) is 5.76 Å². The van der Waals surface area contributed by atoms with Crippen LogP contribution in [-0.4, -0.2) is 25.0 Å². The SMILES string of the molecule is CN=C(NC)NCc1ccc(-c2nc3ccccc3s2)o1. The van der Waals surface area contributed by atoms with Crippen LogP contribution in [0.3, 0.4) is 0 Å². The molecular formula is C15H16N4OS. The third-order valence-corrected chi connectivity index (χ3v) is 4.11. The van der Waals surface area contributed by atoms with Crippen molar-refractivity contribution in [1.29, 1.82) is 0 Å². The zero-order chi connectivity index (χ0) is 14.7. The van der Waals surface area contributed by atoms with Gasteiger partial charge < -0.3 is 15.1 Å². The standard InChI is InChI=1S/C15H16N4OS/c1-16-15(17-2)18-9-10-7-8-12(20-10)14-19-11-5-3-4-6-13(11)21-14/h3-8H,9H2,1-2H3,(H2,16,17,18). The van der Waals surface area contributed by atoms with Gasteiger partial charge in [-0.05, 0) is 24.3 Å². The first-order chi connectivity index (χ1) is 10.3. The van der Waals surface area contributed by atoms with E-state index in [2.05, 4.69) is 26.7 Å². The van der Waals surface area contributed by atoms with Crippen LogP contribution in [0.2, 0.25) is 0 Å². The van der Waals surface area contributed by atoms with Crippen LogP contribution in [0.25, 0.3) is 21.0 Å². The van der Waals surface area contributed by atoms with Gasteiger partial charge in [0.1, 0.15) is 5.76 Å². The zero-order valence-corrected chi connectivity index (χ0v) is 12.7. The van der Waals surface area contributed by atoms with E-state index in [9.17, 15) is 0 Å². The maximum absolute atomic E-state index is 5.84. The third kappa shape index (κ3) is 2.90. The van der Waals surface area contributed by atoms with Gasteiger partial charge in [0.05, 0.1) is 16.8 Å². The largest absolute Gasteiger partial charge is 0.457 e. The molecule has 21 heavy (non-hydrogen) atoms. The summed E-state index contributed by atoms with van der Waals surface area (Å²) >= 11 is 1.64. The minimum absolute atomic E-state index is 0.582. The van der Waals surface area contributed by atoms with Gasteiger partial charge in [0.2, 0.25) is 0 Å². The molecule has 6 heteroatoms. The molecule has 0 unspecified atom stereocenters. The van der Waals surface area contributed by atoms with Crippen LogP contribution in [0.15, 0.2) is 45.8 Å². The highest BCUT2D eigenvalue weighted by Gasteiger charge is 2.10. The van der Waals surface area contributed by atoms with Crippen molar-refractivity contribution in [3.63, 3.8) is 0 Å². The van der Waals surface area contributed by atoms with Crippen LogP contribution in [0.5, 0.6) is 0 Å². The van der Waals surface area contributed by atoms with Crippen molar-refractivity contribution >= 4 is 27.5 Å². The van der Waals surface area contributed by atoms with E-state index in [4.69, 9.17) is 4.42 Å². The van der Waals surface area contributed by atoms with Gasteiger partial charge in [0.15, 0.2) is 16.7 Å². The number of furan rings is 1. The maximum atomic E-state index is 5.84. The van der Waals surface area contributed by atoms with E-state index in [0.717, 1.165) is 28.0 Å². The van der Waals surface area contributed by atoms with E-state index in [0.29, 0.717) is 6.54 Å². The summed E-state index contributed by atoms with van der Waals surface area (Å²) in [5, 5.41) is 7.02. The van der Waals surface area contributed by atoms with E-state index in [1.807, 2.05) is 37.4 Å². The quantitative estimate of drug-likeness (QED) is 0.577. The monoisotopic (exact) mass is 300 g/mol. The molecule has 1 aromatic carbocycles. The highest BCUT2D eigenvalue weighted by Crippen LogP contribution is 2.30. The molecule has 5 nitrogen and oxygen atoms in total. The second-order valence-electron chi connectivity index (χ2n) is 4.43. The Kier molecular flexibility index (Phi) is 3.87. The minimum Gasteiger partial charge on any atom is -0.457 e. The summed E-state index contributed by atoms with van der Waals surface area (Å²) in [6.07, 6.45) is 0. The van der Waals surface area contributed by atoms with E-state index in [1.165, 1.54) is 4.70 Å². The molecule has 0 aliphatic rings. The van der Waals surface area contributed by atoms with Gasteiger partial charge >= 0.3 is 0 Å². The number of benzene rings is 1. The summed E-state index contributed by atoms with van der Waals surface area (Å²) in [4.78, 5) is 8.65. The van der Waals surface area contributed by atoms with Gasteiger partial charge in [-0.2, -0.15) is 0 Å². The number of nitrogens with zero attached hydrogens (tertiary/aromatic N) is 2. The fraction of sp³-hybridized carbons (Fsp3) is 0.200. The van der Waals surface area contributed by atoms with Crippen molar-refractivity contribution in [3.8, 4) is 10.8 Å². The summed E-state index contributed by atoms with van der Waals surface area (Å²) in [5.74, 6) is 2.38. The van der Waals surface area contributed by atoms with Crippen LogP contribution >= 0.6 is 11.3 Å². The Morgan fingerprint density at radius 3 is 2.90 bits per heavy atom. The minimum atomic E-state index is 0.582. The van der Waals surface area contributed by atoms with Crippen molar-refractivity contribution in [3.05, 3.63) is 42.2 Å². The van der Waals surface area contributed by atoms with Crippen molar-refractivity contribution in [2.45, 2.75) is 6.54 Å². The predicted molar refractivity (Wildman–Crippen MR) is 86.6 cm³/mol. The first-order valence-electron chi connectivity index (χ1n) is 6.63. The van der Waals surface area contributed by atoms with Crippen LogP contribution in [0.4, 0.5) is 0 Å². The summed E-state index contributed by atoms with van der Waals surface area (Å²) < 4.78 is 7.01.